The van der Waals surface area contributed by atoms with Crippen molar-refractivity contribution in [1.82, 2.24) is 5.32 Å². The molecule has 0 saturated heterocycles. The van der Waals surface area contributed by atoms with Gasteiger partial charge in [0.2, 0.25) is 0 Å². The van der Waals surface area contributed by atoms with Crippen molar-refractivity contribution in [2.75, 3.05) is 7.05 Å². The van der Waals surface area contributed by atoms with Gasteiger partial charge in [0, 0.05) is 6.04 Å². The lowest BCUT2D eigenvalue weighted by Crippen LogP contribution is -2.47. The molecule has 0 heterocycles. The van der Waals surface area contributed by atoms with Gasteiger partial charge < -0.3 is 5.32 Å². The SMILES string of the molecule is CNC1CC(C)CCC1C(C)(C)c1cc(F)ccc1C. The van der Waals surface area contributed by atoms with Gasteiger partial charge >= 0.3 is 0 Å². The molecule has 1 aliphatic carbocycles. The Hall–Kier alpha value is -0.890. The van der Waals surface area contributed by atoms with Gasteiger partial charge in [-0.05, 0) is 67.3 Å². The van der Waals surface area contributed by atoms with Crippen molar-refractivity contribution in [3.8, 4) is 0 Å². The highest BCUT2D eigenvalue weighted by molar-refractivity contribution is 5.34. The minimum atomic E-state index is -0.121. The van der Waals surface area contributed by atoms with Crippen LogP contribution < -0.4 is 5.32 Å². The lowest BCUT2D eigenvalue weighted by molar-refractivity contribution is 0.150. The summed E-state index contributed by atoms with van der Waals surface area (Å²) in [6.07, 6.45) is 3.72. The Morgan fingerprint density at radius 3 is 2.60 bits per heavy atom. The molecule has 20 heavy (non-hydrogen) atoms. The summed E-state index contributed by atoms with van der Waals surface area (Å²) >= 11 is 0. The third kappa shape index (κ3) is 2.90. The molecule has 1 aromatic rings. The lowest BCUT2D eigenvalue weighted by Gasteiger charge is -2.45. The zero-order valence-corrected chi connectivity index (χ0v) is 13.5. The molecular formula is C18H28FN. The van der Waals surface area contributed by atoms with Gasteiger partial charge in [-0.15, -0.1) is 0 Å². The Kier molecular flexibility index (Phi) is 4.53. The Morgan fingerprint density at radius 2 is 1.95 bits per heavy atom. The van der Waals surface area contributed by atoms with Gasteiger partial charge in [0.05, 0.1) is 0 Å². The number of nitrogens with one attached hydrogen (secondary N) is 1. The van der Waals surface area contributed by atoms with E-state index >= 15 is 0 Å². The van der Waals surface area contributed by atoms with Crippen LogP contribution in [0.3, 0.4) is 0 Å². The first-order chi connectivity index (χ1) is 9.36. The number of halogens is 1. The quantitative estimate of drug-likeness (QED) is 0.861. The number of hydrogen-bond donors (Lipinski definition) is 1. The molecule has 112 valence electrons. The molecule has 1 aromatic carbocycles. The molecule has 1 aliphatic rings. The van der Waals surface area contributed by atoms with Crippen LogP contribution in [0, 0.1) is 24.6 Å². The summed E-state index contributed by atoms with van der Waals surface area (Å²) < 4.78 is 13.7. The maximum absolute atomic E-state index is 13.7. The number of benzene rings is 1. The predicted octanol–water partition coefficient (Wildman–Crippen LogP) is 4.44. The predicted molar refractivity (Wildman–Crippen MR) is 83.5 cm³/mol. The minimum absolute atomic E-state index is 0. The lowest BCUT2D eigenvalue weighted by atomic mass is 9.63. The van der Waals surface area contributed by atoms with Crippen molar-refractivity contribution < 1.29 is 4.39 Å². The molecule has 3 atom stereocenters. The largest absolute Gasteiger partial charge is 0.317 e. The molecular weight excluding hydrogens is 249 g/mol. The molecule has 0 bridgehead atoms. The van der Waals surface area contributed by atoms with E-state index in [9.17, 15) is 4.39 Å². The standard InChI is InChI=1S/C18H28FN/c1-12-6-9-15(17(10-12)20-5)18(3,4)16-11-14(19)8-7-13(16)2/h7-8,11-12,15,17,20H,6,9-10H2,1-5H3. The minimum Gasteiger partial charge on any atom is -0.317 e. The second-order valence-corrected chi connectivity index (χ2v) is 7.10. The molecule has 1 N–H and O–H groups in total. The van der Waals surface area contributed by atoms with Crippen molar-refractivity contribution in [2.24, 2.45) is 11.8 Å². The highest BCUT2D eigenvalue weighted by Crippen LogP contribution is 2.43. The van der Waals surface area contributed by atoms with E-state index in [-0.39, 0.29) is 11.2 Å². The first kappa shape index (κ1) is 15.5. The van der Waals surface area contributed by atoms with E-state index in [2.05, 4.69) is 40.1 Å². The Morgan fingerprint density at radius 1 is 1.25 bits per heavy atom. The number of aryl methyl sites for hydroxylation is 1. The third-order valence-electron chi connectivity index (χ3n) is 5.30. The highest BCUT2D eigenvalue weighted by atomic mass is 19.1. The molecule has 1 fully saturated rings. The zero-order chi connectivity index (χ0) is 14.9. The first-order valence-corrected chi connectivity index (χ1v) is 7.80. The van der Waals surface area contributed by atoms with Crippen molar-refractivity contribution in [2.45, 2.75) is 58.4 Å². The molecule has 0 amide bonds. The van der Waals surface area contributed by atoms with Crippen molar-refractivity contribution in [3.05, 3.63) is 35.1 Å². The second-order valence-electron chi connectivity index (χ2n) is 7.10. The molecule has 0 radical (unpaired) electrons. The highest BCUT2D eigenvalue weighted by Gasteiger charge is 2.40. The van der Waals surface area contributed by atoms with E-state index in [4.69, 9.17) is 0 Å². The number of rotatable bonds is 3. The average Bonchev–Trinajstić information content (AvgIpc) is 2.40. The summed E-state index contributed by atoms with van der Waals surface area (Å²) in [5.41, 5.74) is 2.36. The van der Waals surface area contributed by atoms with Crippen LogP contribution in [0.4, 0.5) is 4.39 Å². The van der Waals surface area contributed by atoms with Crippen molar-refractivity contribution >= 4 is 0 Å². The Bertz CT molecular complexity index is 466. The topological polar surface area (TPSA) is 12.0 Å². The summed E-state index contributed by atoms with van der Waals surface area (Å²) in [5, 5.41) is 3.50. The van der Waals surface area contributed by atoms with Gasteiger partial charge in [0.15, 0.2) is 0 Å². The van der Waals surface area contributed by atoms with E-state index in [1.54, 1.807) is 12.1 Å². The fraction of sp³-hybridized carbons (Fsp3) is 0.667. The second kappa shape index (κ2) is 5.85. The molecule has 1 saturated carbocycles. The Balaban J connectivity index is 2.35. The molecule has 0 aromatic heterocycles. The smallest absolute Gasteiger partial charge is 0.123 e. The van der Waals surface area contributed by atoms with Crippen LogP contribution in [0.5, 0.6) is 0 Å². The molecule has 0 spiro atoms. The van der Waals surface area contributed by atoms with E-state index in [0.717, 1.165) is 11.5 Å². The van der Waals surface area contributed by atoms with Crippen molar-refractivity contribution in [1.29, 1.82) is 0 Å². The average molecular weight is 277 g/mol. The summed E-state index contributed by atoms with van der Waals surface area (Å²) in [5.74, 6) is 1.22. The fourth-order valence-corrected chi connectivity index (χ4v) is 4.05. The van der Waals surface area contributed by atoms with Gasteiger partial charge in [0.25, 0.3) is 0 Å². The summed E-state index contributed by atoms with van der Waals surface area (Å²) in [6, 6.07) is 5.73. The van der Waals surface area contributed by atoms with Gasteiger partial charge in [-0.3, -0.25) is 0 Å². The van der Waals surface area contributed by atoms with Gasteiger partial charge in [0.1, 0.15) is 5.82 Å². The summed E-state index contributed by atoms with van der Waals surface area (Å²) in [4.78, 5) is 0. The normalized spacial score (nSPS) is 27.6. The van der Waals surface area contributed by atoms with E-state index in [1.165, 1.54) is 24.8 Å². The Labute approximate surface area is 123 Å². The van der Waals surface area contributed by atoms with Crippen LogP contribution in [0.15, 0.2) is 18.2 Å². The molecule has 0 aliphatic heterocycles. The van der Waals surface area contributed by atoms with Gasteiger partial charge in [-0.1, -0.05) is 33.3 Å². The van der Waals surface area contributed by atoms with Crippen LogP contribution in [0.1, 0.15) is 51.2 Å². The van der Waals surface area contributed by atoms with Gasteiger partial charge in [-0.2, -0.15) is 0 Å². The fourth-order valence-electron chi connectivity index (χ4n) is 4.05. The van der Waals surface area contributed by atoms with Crippen LogP contribution in [-0.4, -0.2) is 13.1 Å². The van der Waals surface area contributed by atoms with E-state index in [1.807, 2.05) is 6.07 Å². The van der Waals surface area contributed by atoms with Gasteiger partial charge in [-0.25, -0.2) is 4.39 Å². The van der Waals surface area contributed by atoms with Crippen LogP contribution in [0.25, 0.3) is 0 Å². The maximum Gasteiger partial charge on any atom is 0.123 e. The molecule has 1 nitrogen and oxygen atoms in total. The molecule has 2 heteroatoms. The van der Waals surface area contributed by atoms with E-state index < -0.39 is 0 Å². The summed E-state index contributed by atoms with van der Waals surface area (Å²) in [6.45, 7) is 8.98. The maximum atomic E-state index is 13.7. The third-order valence-corrected chi connectivity index (χ3v) is 5.30. The van der Waals surface area contributed by atoms with Crippen molar-refractivity contribution in [3.63, 3.8) is 0 Å². The zero-order valence-electron chi connectivity index (χ0n) is 13.5. The summed E-state index contributed by atoms with van der Waals surface area (Å²) in [7, 11) is 2.06. The van der Waals surface area contributed by atoms with E-state index in [0.29, 0.717) is 12.0 Å². The van der Waals surface area contributed by atoms with Crippen LogP contribution >= 0.6 is 0 Å². The number of hydrogen-bond acceptors (Lipinski definition) is 1. The molecule has 2 rings (SSSR count). The molecule has 3 unspecified atom stereocenters. The monoisotopic (exact) mass is 277 g/mol. The van der Waals surface area contributed by atoms with Crippen LogP contribution in [0.2, 0.25) is 0 Å². The van der Waals surface area contributed by atoms with Crippen LogP contribution in [-0.2, 0) is 5.41 Å². The first-order valence-electron chi connectivity index (χ1n) is 7.80.